The maximum atomic E-state index is 5.58. The van der Waals surface area contributed by atoms with Gasteiger partial charge in [0.1, 0.15) is 11.6 Å². The van der Waals surface area contributed by atoms with Crippen molar-refractivity contribution >= 4 is 17.2 Å². The van der Waals surface area contributed by atoms with Crippen LogP contribution >= 0.6 is 11.3 Å². The number of nitrogens with two attached hydrogens (primary N) is 1. The van der Waals surface area contributed by atoms with E-state index in [9.17, 15) is 0 Å². The Hall–Kier alpha value is -1.46. The van der Waals surface area contributed by atoms with Gasteiger partial charge in [-0.15, -0.1) is 11.3 Å². The first-order valence-corrected chi connectivity index (χ1v) is 6.45. The first-order chi connectivity index (χ1) is 8.25. The summed E-state index contributed by atoms with van der Waals surface area (Å²) in [6, 6.07) is 3.85. The minimum Gasteiger partial charge on any atom is -0.384 e. The lowest BCUT2D eigenvalue weighted by Crippen LogP contribution is -2.18. The summed E-state index contributed by atoms with van der Waals surface area (Å²) < 4.78 is 0. The molecule has 0 radical (unpaired) electrons. The van der Waals surface area contributed by atoms with Crippen molar-refractivity contribution in [2.75, 3.05) is 12.3 Å². The van der Waals surface area contributed by atoms with Crippen molar-refractivity contribution in [3.05, 3.63) is 40.0 Å². The van der Waals surface area contributed by atoms with Crippen LogP contribution in [-0.2, 0) is 13.0 Å². The van der Waals surface area contributed by atoms with Gasteiger partial charge in [0, 0.05) is 17.6 Å². The molecule has 0 spiro atoms. The largest absolute Gasteiger partial charge is 0.384 e. The topological polar surface area (TPSA) is 63.8 Å². The van der Waals surface area contributed by atoms with Gasteiger partial charge in [0.2, 0.25) is 0 Å². The van der Waals surface area contributed by atoms with Crippen LogP contribution in [-0.4, -0.2) is 16.5 Å². The van der Waals surface area contributed by atoms with Crippen LogP contribution in [0.4, 0.5) is 5.82 Å². The number of aryl methyl sites for hydroxylation is 1. The zero-order valence-corrected chi connectivity index (χ0v) is 10.6. The normalized spacial score (nSPS) is 10.6. The molecular weight excluding hydrogens is 232 g/mol. The van der Waals surface area contributed by atoms with E-state index < -0.39 is 0 Å². The van der Waals surface area contributed by atoms with Gasteiger partial charge in [-0.1, -0.05) is 0 Å². The molecule has 2 heterocycles. The van der Waals surface area contributed by atoms with E-state index in [2.05, 4.69) is 33.7 Å². The number of rotatable bonds is 5. The van der Waals surface area contributed by atoms with Crippen LogP contribution < -0.4 is 11.1 Å². The molecule has 2 aromatic heterocycles. The van der Waals surface area contributed by atoms with Gasteiger partial charge < -0.3 is 11.1 Å². The molecule has 0 unspecified atom stereocenters. The Kier molecular flexibility index (Phi) is 4.06. The van der Waals surface area contributed by atoms with Gasteiger partial charge in [-0.25, -0.2) is 9.97 Å². The monoisotopic (exact) mass is 248 g/mol. The molecule has 0 saturated carbocycles. The van der Waals surface area contributed by atoms with E-state index in [-0.39, 0.29) is 0 Å². The van der Waals surface area contributed by atoms with Crippen molar-refractivity contribution in [1.29, 1.82) is 0 Å². The Balaban J connectivity index is 1.75. The summed E-state index contributed by atoms with van der Waals surface area (Å²) in [5.74, 6) is 1.26. The Morgan fingerprint density at radius 3 is 3.00 bits per heavy atom. The Morgan fingerprint density at radius 2 is 2.29 bits per heavy atom. The lowest BCUT2D eigenvalue weighted by atomic mass is 10.2. The first-order valence-electron chi connectivity index (χ1n) is 5.57. The molecule has 5 heteroatoms. The maximum Gasteiger partial charge on any atom is 0.144 e. The van der Waals surface area contributed by atoms with Gasteiger partial charge in [0.15, 0.2) is 0 Å². The Bertz CT molecular complexity index is 481. The molecule has 17 heavy (non-hydrogen) atoms. The van der Waals surface area contributed by atoms with E-state index in [0.29, 0.717) is 12.4 Å². The summed E-state index contributed by atoms with van der Waals surface area (Å²) in [6.45, 7) is 3.74. The Labute approximate surface area is 105 Å². The van der Waals surface area contributed by atoms with Crippen LogP contribution in [0.1, 0.15) is 16.3 Å². The third-order valence-electron chi connectivity index (χ3n) is 2.51. The maximum absolute atomic E-state index is 5.58. The molecule has 0 amide bonds. The van der Waals surface area contributed by atoms with Crippen molar-refractivity contribution < 1.29 is 0 Å². The van der Waals surface area contributed by atoms with Crippen LogP contribution in [0.15, 0.2) is 23.7 Å². The summed E-state index contributed by atoms with van der Waals surface area (Å²) in [5, 5.41) is 5.45. The number of aromatic nitrogens is 2. The van der Waals surface area contributed by atoms with Gasteiger partial charge in [-0.2, -0.15) is 0 Å². The van der Waals surface area contributed by atoms with E-state index in [4.69, 9.17) is 5.73 Å². The summed E-state index contributed by atoms with van der Waals surface area (Å²) in [5.41, 5.74) is 6.95. The minimum absolute atomic E-state index is 0.519. The summed E-state index contributed by atoms with van der Waals surface area (Å²) in [4.78, 5) is 9.71. The second-order valence-corrected chi connectivity index (χ2v) is 4.85. The first kappa shape index (κ1) is 12.0. The predicted molar refractivity (Wildman–Crippen MR) is 70.9 cm³/mol. The molecule has 0 bridgehead atoms. The van der Waals surface area contributed by atoms with Gasteiger partial charge in [-0.05, 0) is 36.4 Å². The average molecular weight is 248 g/mol. The molecule has 2 rings (SSSR count). The van der Waals surface area contributed by atoms with Crippen LogP contribution in [0, 0.1) is 6.92 Å². The second-order valence-electron chi connectivity index (χ2n) is 3.85. The number of nitrogens with zero attached hydrogens (tertiary/aromatic N) is 2. The highest BCUT2D eigenvalue weighted by molar-refractivity contribution is 7.10. The molecule has 0 aromatic carbocycles. The lowest BCUT2D eigenvalue weighted by molar-refractivity contribution is 0.662. The van der Waals surface area contributed by atoms with Gasteiger partial charge in [-0.3, -0.25) is 0 Å². The Morgan fingerprint density at radius 1 is 1.41 bits per heavy atom. The van der Waals surface area contributed by atoms with Crippen molar-refractivity contribution in [1.82, 2.24) is 15.3 Å². The number of thiophene rings is 1. The van der Waals surface area contributed by atoms with Crippen molar-refractivity contribution in [3.8, 4) is 0 Å². The zero-order chi connectivity index (χ0) is 12.1. The standard InChI is InChI=1S/C12H16N4S/c1-9-4-7-17-10(9)2-5-14-8-12-15-6-3-11(13)16-12/h3-4,6-7,14H,2,5,8H2,1H3,(H2,13,15,16). The SMILES string of the molecule is Cc1ccsc1CCNCc1nccc(N)n1. The van der Waals surface area contributed by atoms with Crippen molar-refractivity contribution in [3.63, 3.8) is 0 Å². The lowest BCUT2D eigenvalue weighted by Gasteiger charge is -2.04. The van der Waals surface area contributed by atoms with Crippen LogP contribution in [0.3, 0.4) is 0 Å². The van der Waals surface area contributed by atoms with Crippen molar-refractivity contribution in [2.24, 2.45) is 0 Å². The number of hydrogen-bond acceptors (Lipinski definition) is 5. The zero-order valence-electron chi connectivity index (χ0n) is 9.81. The quantitative estimate of drug-likeness (QED) is 0.791. The highest BCUT2D eigenvalue weighted by Gasteiger charge is 2.00. The number of anilines is 1. The van der Waals surface area contributed by atoms with Crippen LogP contribution in [0.2, 0.25) is 0 Å². The van der Waals surface area contributed by atoms with E-state index in [1.807, 2.05) is 0 Å². The van der Waals surface area contributed by atoms with Crippen LogP contribution in [0.5, 0.6) is 0 Å². The highest BCUT2D eigenvalue weighted by atomic mass is 32.1. The van der Waals surface area contributed by atoms with E-state index >= 15 is 0 Å². The van der Waals surface area contributed by atoms with E-state index in [0.717, 1.165) is 18.8 Å². The summed E-state index contributed by atoms with van der Waals surface area (Å²) in [7, 11) is 0. The molecular formula is C12H16N4S. The average Bonchev–Trinajstić information content (AvgIpc) is 2.71. The van der Waals surface area contributed by atoms with Gasteiger partial charge in [0.25, 0.3) is 0 Å². The highest BCUT2D eigenvalue weighted by Crippen LogP contribution is 2.15. The molecule has 90 valence electrons. The molecule has 0 aliphatic heterocycles. The van der Waals surface area contributed by atoms with E-state index in [1.165, 1.54) is 10.4 Å². The van der Waals surface area contributed by atoms with E-state index in [1.54, 1.807) is 23.6 Å². The number of hydrogen-bond donors (Lipinski definition) is 2. The minimum atomic E-state index is 0.519. The predicted octanol–water partition coefficient (Wildman–Crippen LogP) is 1.76. The van der Waals surface area contributed by atoms with Gasteiger partial charge >= 0.3 is 0 Å². The molecule has 0 fully saturated rings. The fraction of sp³-hybridized carbons (Fsp3) is 0.333. The van der Waals surface area contributed by atoms with Crippen LogP contribution in [0.25, 0.3) is 0 Å². The third-order valence-corrected chi connectivity index (χ3v) is 3.59. The smallest absolute Gasteiger partial charge is 0.144 e. The summed E-state index contributed by atoms with van der Waals surface area (Å²) in [6.07, 6.45) is 2.73. The second kappa shape index (κ2) is 5.75. The molecule has 0 atom stereocenters. The fourth-order valence-electron chi connectivity index (χ4n) is 1.56. The molecule has 0 saturated heterocycles. The fourth-order valence-corrected chi connectivity index (χ4v) is 2.47. The number of nitrogens with one attached hydrogen (secondary N) is 1. The number of nitrogen functional groups attached to an aromatic ring is 1. The third kappa shape index (κ3) is 3.51. The molecule has 2 aromatic rings. The molecule has 0 aliphatic carbocycles. The van der Waals surface area contributed by atoms with Gasteiger partial charge in [0.05, 0.1) is 6.54 Å². The summed E-state index contributed by atoms with van der Waals surface area (Å²) >= 11 is 1.81. The molecule has 0 aliphatic rings. The molecule has 4 nitrogen and oxygen atoms in total. The van der Waals surface area contributed by atoms with Crippen molar-refractivity contribution in [2.45, 2.75) is 19.9 Å². The molecule has 3 N–H and O–H groups in total.